The van der Waals surface area contributed by atoms with Crippen LogP contribution in [0.1, 0.15) is 56.9 Å². The highest BCUT2D eigenvalue weighted by Crippen LogP contribution is 2.60. The Morgan fingerprint density at radius 2 is 1.61 bits per heavy atom. The summed E-state index contributed by atoms with van der Waals surface area (Å²) < 4.78 is 5.72. The van der Waals surface area contributed by atoms with Gasteiger partial charge in [0, 0.05) is 6.42 Å². The van der Waals surface area contributed by atoms with Gasteiger partial charge in [0.05, 0.1) is 6.61 Å². The molecule has 0 aliphatic heterocycles. The van der Waals surface area contributed by atoms with Crippen LogP contribution < -0.4 is 10.5 Å². The highest BCUT2D eigenvalue weighted by Gasteiger charge is 2.51. The third-order valence-corrected chi connectivity index (χ3v) is 6.34. The molecule has 1 amide bonds. The summed E-state index contributed by atoms with van der Waals surface area (Å²) in [5.41, 5.74) is 7.13. The Hall–Kier alpha value is -1.51. The Bertz CT molecular complexity index is 543. The first-order valence-electron chi connectivity index (χ1n) is 9.15. The Kier molecular flexibility index (Phi) is 3.82. The van der Waals surface area contributed by atoms with Crippen LogP contribution in [0.25, 0.3) is 0 Å². The molecule has 3 nitrogen and oxygen atoms in total. The molecule has 2 N–H and O–H groups in total. The fourth-order valence-corrected chi connectivity index (χ4v) is 5.81. The lowest BCUT2D eigenvalue weighted by atomic mass is 9.48. The molecule has 1 aromatic rings. The van der Waals surface area contributed by atoms with Gasteiger partial charge in [0.2, 0.25) is 5.91 Å². The van der Waals surface area contributed by atoms with E-state index in [4.69, 9.17) is 10.5 Å². The summed E-state index contributed by atoms with van der Waals surface area (Å²) in [6.45, 7) is 0.555. The zero-order valence-corrected chi connectivity index (χ0v) is 13.8. The highest BCUT2D eigenvalue weighted by atomic mass is 16.5. The quantitative estimate of drug-likeness (QED) is 0.812. The van der Waals surface area contributed by atoms with Gasteiger partial charge in [-0.15, -0.1) is 0 Å². The number of nitrogens with two attached hydrogens (primary N) is 1. The molecule has 0 aromatic heterocycles. The molecule has 0 heterocycles. The summed E-state index contributed by atoms with van der Waals surface area (Å²) in [6, 6.07) is 8.80. The van der Waals surface area contributed by atoms with Crippen molar-refractivity contribution in [3.63, 3.8) is 0 Å². The van der Waals surface area contributed by atoms with Gasteiger partial charge in [-0.3, -0.25) is 4.79 Å². The minimum atomic E-state index is -0.259. The SMILES string of the molecule is NC(=O)CCCOc1ccc(C23CC4CC(CC(C4)C2)C3)cc1. The second kappa shape index (κ2) is 5.85. The number of benzene rings is 1. The molecule has 23 heavy (non-hydrogen) atoms. The lowest BCUT2D eigenvalue weighted by Gasteiger charge is -2.57. The third-order valence-electron chi connectivity index (χ3n) is 6.34. The van der Waals surface area contributed by atoms with E-state index in [-0.39, 0.29) is 5.91 Å². The number of hydrogen-bond acceptors (Lipinski definition) is 2. The standard InChI is InChI=1S/C20H27NO2/c21-19(22)2-1-7-23-18-5-3-17(4-6-18)20-11-14-8-15(12-20)10-16(9-14)13-20/h3-6,14-16H,1-2,7-13H2,(H2,21,22). The predicted octanol–water partition coefficient (Wildman–Crippen LogP) is 3.80. The molecule has 124 valence electrons. The molecule has 0 spiro atoms. The van der Waals surface area contributed by atoms with Crippen molar-refractivity contribution < 1.29 is 9.53 Å². The van der Waals surface area contributed by atoms with Gasteiger partial charge in [0.25, 0.3) is 0 Å². The zero-order chi connectivity index (χ0) is 15.9. The van der Waals surface area contributed by atoms with Crippen molar-refractivity contribution >= 4 is 5.91 Å². The van der Waals surface area contributed by atoms with E-state index >= 15 is 0 Å². The lowest BCUT2D eigenvalue weighted by Crippen LogP contribution is -2.48. The molecule has 5 rings (SSSR count). The minimum Gasteiger partial charge on any atom is -0.494 e. The Balaban J connectivity index is 1.41. The second-order valence-electron chi connectivity index (χ2n) is 8.14. The fourth-order valence-electron chi connectivity index (χ4n) is 5.81. The van der Waals surface area contributed by atoms with E-state index in [0.717, 1.165) is 23.5 Å². The summed E-state index contributed by atoms with van der Waals surface area (Å²) in [5, 5.41) is 0. The summed E-state index contributed by atoms with van der Waals surface area (Å²) in [4.78, 5) is 10.7. The molecule has 4 aliphatic rings. The van der Waals surface area contributed by atoms with E-state index in [0.29, 0.717) is 24.9 Å². The summed E-state index contributed by atoms with van der Waals surface area (Å²) in [7, 11) is 0. The molecular weight excluding hydrogens is 286 g/mol. The molecule has 4 fully saturated rings. The first-order chi connectivity index (χ1) is 11.1. The summed E-state index contributed by atoms with van der Waals surface area (Å²) in [6.07, 6.45) is 9.74. The van der Waals surface area contributed by atoms with Crippen molar-refractivity contribution in [3.05, 3.63) is 29.8 Å². The van der Waals surface area contributed by atoms with E-state index in [1.54, 1.807) is 0 Å². The molecule has 4 aliphatic carbocycles. The van der Waals surface area contributed by atoms with Gasteiger partial charge in [0.15, 0.2) is 0 Å². The van der Waals surface area contributed by atoms with Gasteiger partial charge in [-0.25, -0.2) is 0 Å². The van der Waals surface area contributed by atoms with Crippen LogP contribution in [-0.2, 0) is 10.2 Å². The van der Waals surface area contributed by atoms with Crippen molar-refractivity contribution in [3.8, 4) is 5.75 Å². The topological polar surface area (TPSA) is 52.3 Å². The molecule has 0 radical (unpaired) electrons. The lowest BCUT2D eigenvalue weighted by molar-refractivity contribution is -0.118. The largest absolute Gasteiger partial charge is 0.494 e. The maximum atomic E-state index is 10.7. The summed E-state index contributed by atoms with van der Waals surface area (Å²) in [5.74, 6) is 3.58. The zero-order valence-electron chi connectivity index (χ0n) is 13.8. The van der Waals surface area contributed by atoms with Crippen LogP contribution in [0.3, 0.4) is 0 Å². The molecular formula is C20H27NO2. The predicted molar refractivity (Wildman–Crippen MR) is 90.2 cm³/mol. The van der Waals surface area contributed by atoms with E-state index < -0.39 is 0 Å². The van der Waals surface area contributed by atoms with E-state index in [1.165, 1.54) is 44.1 Å². The van der Waals surface area contributed by atoms with Crippen molar-refractivity contribution in [1.82, 2.24) is 0 Å². The van der Waals surface area contributed by atoms with Gasteiger partial charge in [-0.1, -0.05) is 12.1 Å². The maximum Gasteiger partial charge on any atom is 0.217 e. The maximum absolute atomic E-state index is 10.7. The number of ether oxygens (including phenoxy) is 1. The van der Waals surface area contributed by atoms with E-state index in [9.17, 15) is 4.79 Å². The number of carbonyl (C=O) groups is 1. The number of amides is 1. The summed E-state index contributed by atoms with van der Waals surface area (Å²) >= 11 is 0. The van der Waals surface area contributed by atoms with Gasteiger partial charge < -0.3 is 10.5 Å². The average molecular weight is 313 g/mol. The Labute approximate surface area is 138 Å². The first kappa shape index (κ1) is 15.0. The monoisotopic (exact) mass is 313 g/mol. The number of hydrogen-bond donors (Lipinski definition) is 1. The van der Waals surface area contributed by atoms with Crippen molar-refractivity contribution in [2.75, 3.05) is 6.61 Å². The van der Waals surface area contributed by atoms with Crippen LogP contribution in [-0.4, -0.2) is 12.5 Å². The van der Waals surface area contributed by atoms with Gasteiger partial charge in [-0.2, -0.15) is 0 Å². The Morgan fingerprint density at radius 1 is 1.04 bits per heavy atom. The van der Waals surface area contributed by atoms with Gasteiger partial charge in [0.1, 0.15) is 5.75 Å². The molecule has 4 bridgehead atoms. The van der Waals surface area contributed by atoms with Crippen LogP contribution in [0.2, 0.25) is 0 Å². The number of rotatable bonds is 6. The minimum absolute atomic E-state index is 0.259. The number of primary amides is 1. The highest BCUT2D eigenvalue weighted by molar-refractivity contribution is 5.73. The van der Waals surface area contributed by atoms with Crippen LogP contribution in [0.4, 0.5) is 0 Å². The van der Waals surface area contributed by atoms with Crippen molar-refractivity contribution in [2.45, 2.75) is 56.8 Å². The molecule has 3 heteroatoms. The van der Waals surface area contributed by atoms with Crippen molar-refractivity contribution in [2.24, 2.45) is 23.5 Å². The van der Waals surface area contributed by atoms with Gasteiger partial charge in [-0.05, 0) is 85.8 Å². The van der Waals surface area contributed by atoms with Crippen LogP contribution in [0.15, 0.2) is 24.3 Å². The van der Waals surface area contributed by atoms with Gasteiger partial charge >= 0.3 is 0 Å². The smallest absolute Gasteiger partial charge is 0.217 e. The normalized spacial score (nSPS) is 34.5. The molecule has 0 saturated heterocycles. The molecule has 1 aromatic carbocycles. The van der Waals surface area contributed by atoms with E-state index in [1.807, 2.05) is 0 Å². The van der Waals surface area contributed by atoms with Crippen LogP contribution in [0.5, 0.6) is 5.75 Å². The molecule has 0 atom stereocenters. The Morgan fingerprint density at radius 3 is 2.13 bits per heavy atom. The first-order valence-corrected chi connectivity index (χ1v) is 9.15. The fraction of sp³-hybridized carbons (Fsp3) is 0.650. The molecule has 0 unspecified atom stereocenters. The van der Waals surface area contributed by atoms with Crippen LogP contribution >= 0.6 is 0 Å². The van der Waals surface area contributed by atoms with Crippen molar-refractivity contribution in [1.29, 1.82) is 0 Å². The van der Waals surface area contributed by atoms with Crippen LogP contribution in [0, 0.1) is 17.8 Å². The van der Waals surface area contributed by atoms with E-state index in [2.05, 4.69) is 24.3 Å². The number of carbonyl (C=O) groups excluding carboxylic acids is 1. The third kappa shape index (κ3) is 2.98. The molecule has 4 saturated carbocycles. The average Bonchev–Trinajstić information content (AvgIpc) is 2.51. The second-order valence-corrected chi connectivity index (χ2v) is 8.14.